The van der Waals surface area contributed by atoms with Crippen LogP contribution in [0.3, 0.4) is 0 Å². The molecule has 2 rings (SSSR count). The number of ether oxygens (including phenoxy) is 4. The largest absolute Gasteiger partial charge is 0.496 e. The minimum Gasteiger partial charge on any atom is -0.496 e. The Bertz CT molecular complexity index is 796. The van der Waals surface area contributed by atoms with Gasteiger partial charge in [0.15, 0.2) is 0 Å². The van der Waals surface area contributed by atoms with E-state index in [2.05, 4.69) is 10.5 Å². The lowest BCUT2D eigenvalue weighted by Crippen LogP contribution is -2.49. The molecule has 10 nitrogen and oxygen atoms in total. The van der Waals surface area contributed by atoms with E-state index in [0.29, 0.717) is 28.5 Å². The highest BCUT2D eigenvalue weighted by Gasteiger charge is 2.41. The summed E-state index contributed by atoms with van der Waals surface area (Å²) in [6.45, 7) is 3.07. The van der Waals surface area contributed by atoms with Gasteiger partial charge in [0.25, 0.3) is 0 Å². The van der Waals surface area contributed by atoms with Crippen LogP contribution in [0.25, 0.3) is 0 Å². The number of benzene rings is 1. The fourth-order valence-electron chi connectivity index (χ4n) is 3.04. The number of carbonyl (C=O) groups excluding carboxylic acids is 2. The molecule has 0 saturated heterocycles. The molecule has 1 aromatic rings. The number of methoxy groups -OCH3 is 4. The minimum absolute atomic E-state index is 0.0443. The van der Waals surface area contributed by atoms with Crippen molar-refractivity contribution in [2.75, 3.05) is 35.0 Å². The van der Waals surface area contributed by atoms with E-state index in [1.807, 2.05) is 0 Å². The van der Waals surface area contributed by atoms with E-state index < -0.39 is 29.4 Å². The number of nitrogens with one attached hydrogen (secondary N) is 1. The number of hydrogen-bond acceptors (Lipinski definition) is 9. The molecule has 0 aliphatic carbocycles. The molecule has 1 aliphatic rings. The SMILES string of the molecule is COC(=O)C1CC(C(C(=O)NC(C)(C)CO)c2c(OC)cc(OC)cc2OC)=NO1. The molecule has 0 fully saturated rings. The Morgan fingerprint density at radius 1 is 1.20 bits per heavy atom. The first-order chi connectivity index (χ1) is 14.2. The number of nitrogens with zero attached hydrogens (tertiary/aromatic N) is 1. The Balaban J connectivity index is 2.57. The number of rotatable bonds is 9. The van der Waals surface area contributed by atoms with Crippen molar-refractivity contribution < 1.29 is 38.5 Å². The number of oxime groups is 1. The van der Waals surface area contributed by atoms with Gasteiger partial charge >= 0.3 is 5.97 Å². The highest BCUT2D eigenvalue weighted by Crippen LogP contribution is 2.41. The van der Waals surface area contributed by atoms with E-state index in [1.165, 1.54) is 28.4 Å². The maximum atomic E-state index is 13.3. The van der Waals surface area contributed by atoms with Crippen LogP contribution in [0.15, 0.2) is 17.3 Å². The van der Waals surface area contributed by atoms with Crippen LogP contribution in [-0.2, 0) is 19.2 Å². The molecule has 0 spiro atoms. The number of carbonyl (C=O) groups is 2. The average molecular weight is 424 g/mol. The normalized spacial score (nSPS) is 16.8. The van der Waals surface area contributed by atoms with Crippen molar-refractivity contribution in [3.8, 4) is 17.2 Å². The molecule has 2 N–H and O–H groups in total. The zero-order valence-electron chi connectivity index (χ0n) is 18.0. The van der Waals surface area contributed by atoms with Gasteiger partial charge in [0.1, 0.15) is 23.2 Å². The molecule has 1 aliphatic heterocycles. The quantitative estimate of drug-likeness (QED) is 0.563. The summed E-state index contributed by atoms with van der Waals surface area (Å²) in [4.78, 5) is 30.4. The van der Waals surface area contributed by atoms with Crippen molar-refractivity contribution in [1.29, 1.82) is 0 Å². The predicted molar refractivity (Wildman–Crippen MR) is 107 cm³/mol. The second-order valence-corrected chi connectivity index (χ2v) is 7.31. The fraction of sp³-hybridized carbons (Fsp3) is 0.550. The maximum absolute atomic E-state index is 13.3. The molecule has 1 aromatic carbocycles. The summed E-state index contributed by atoms with van der Waals surface area (Å²) in [5.41, 5.74) is -0.220. The molecule has 0 radical (unpaired) electrons. The van der Waals surface area contributed by atoms with Crippen molar-refractivity contribution >= 4 is 17.6 Å². The topological polar surface area (TPSA) is 125 Å². The highest BCUT2D eigenvalue weighted by atomic mass is 16.7. The van der Waals surface area contributed by atoms with Gasteiger partial charge in [-0.05, 0) is 13.8 Å². The first kappa shape index (κ1) is 23.3. The standard InChI is InChI=1S/C20H28N2O8/c1-20(2,10-23)21-18(24)16(12-9-15(30-22-12)19(25)29-6)17-13(27-4)7-11(26-3)8-14(17)28-5/h7-8,15-16,23H,9-10H2,1-6H3,(H,21,24). The third kappa shape index (κ3) is 4.93. The van der Waals surface area contributed by atoms with Gasteiger partial charge in [-0.3, -0.25) is 4.79 Å². The van der Waals surface area contributed by atoms with E-state index in [9.17, 15) is 14.7 Å². The van der Waals surface area contributed by atoms with Crippen LogP contribution >= 0.6 is 0 Å². The summed E-state index contributed by atoms with van der Waals surface area (Å²) < 4.78 is 21.0. The Kier molecular flexibility index (Phi) is 7.49. The molecule has 0 saturated carbocycles. The molecule has 2 atom stereocenters. The third-order valence-electron chi connectivity index (χ3n) is 4.65. The number of amides is 1. The highest BCUT2D eigenvalue weighted by molar-refractivity contribution is 6.11. The molecular formula is C20H28N2O8. The van der Waals surface area contributed by atoms with Crippen molar-refractivity contribution in [3.63, 3.8) is 0 Å². The van der Waals surface area contributed by atoms with Gasteiger partial charge in [-0.15, -0.1) is 0 Å². The summed E-state index contributed by atoms with van der Waals surface area (Å²) in [6.07, 6.45) is -0.913. The van der Waals surface area contributed by atoms with Gasteiger partial charge in [-0.1, -0.05) is 5.16 Å². The smallest absolute Gasteiger partial charge is 0.350 e. The minimum atomic E-state index is -1.01. The summed E-state index contributed by atoms with van der Waals surface area (Å²) >= 11 is 0. The van der Waals surface area contributed by atoms with Gasteiger partial charge in [0.05, 0.1) is 51.9 Å². The lowest BCUT2D eigenvalue weighted by Gasteiger charge is -2.28. The summed E-state index contributed by atoms with van der Waals surface area (Å²) in [5, 5.41) is 16.4. The van der Waals surface area contributed by atoms with Gasteiger partial charge in [0, 0.05) is 18.6 Å². The number of aliphatic hydroxyl groups excluding tert-OH is 1. The number of esters is 1. The van der Waals surface area contributed by atoms with Crippen molar-refractivity contribution in [2.24, 2.45) is 5.16 Å². The number of hydrogen-bond donors (Lipinski definition) is 2. The van der Waals surface area contributed by atoms with E-state index in [1.54, 1.807) is 26.0 Å². The zero-order chi connectivity index (χ0) is 22.5. The molecule has 166 valence electrons. The van der Waals surface area contributed by atoms with Crippen LogP contribution in [0.4, 0.5) is 0 Å². The molecule has 0 bridgehead atoms. The summed E-state index contributed by atoms with van der Waals surface area (Å²) in [5.74, 6) is -0.948. The Labute approximate surface area is 175 Å². The van der Waals surface area contributed by atoms with E-state index in [0.717, 1.165) is 0 Å². The van der Waals surface area contributed by atoms with Gasteiger partial charge in [0.2, 0.25) is 12.0 Å². The van der Waals surface area contributed by atoms with Crippen LogP contribution in [0.5, 0.6) is 17.2 Å². The van der Waals surface area contributed by atoms with E-state index in [-0.39, 0.29) is 13.0 Å². The fourth-order valence-corrected chi connectivity index (χ4v) is 3.04. The first-order valence-corrected chi connectivity index (χ1v) is 9.24. The summed E-state index contributed by atoms with van der Waals surface area (Å²) in [6, 6.07) is 3.23. The molecule has 2 unspecified atom stereocenters. The van der Waals surface area contributed by atoms with Gasteiger partial charge < -0.3 is 34.2 Å². The number of aliphatic hydroxyl groups is 1. The summed E-state index contributed by atoms with van der Waals surface area (Å²) in [7, 11) is 5.65. The molecule has 1 amide bonds. The monoisotopic (exact) mass is 424 g/mol. The lowest BCUT2D eigenvalue weighted by atomic mass is 9.88. The van der Waals surface area contributed by atoms with Crippen molar-refractivity contribution in [3.05, 3.63) is 17.7 Å². The Hall–Kier alpha value is -3.01. The van der Waals surface area contributed by atoms with Crippen molar-refractivity contribution in [2.45, 2.75) is 37.8 Å². The van der Waals surface area contributed by atoms with E-state index in [4.69, 9.17) is 23.8 Å². The van der Waals surface area contributed by atoms with Gasteiger partial charge in [-0.25, -0.2) is 4.79 Å². The molecular weight excluding hydrogens is 396 g/mol. The van der Waals surface area contributed by atoms with Crippen LogP contribution in [0.2, 0.25) is 0 Å². The molecule has 30 heavy (non-hydrogen) atoms. The second-order valence-electron chi connectivity index (χ2n) is 7.31. The molecule has 10 heteroatoms. The zero-order valence-corrected chi connectivity index (χ0v) is 18.0. The Morgan fingerprint density at radius 3 is 2.27 bits per heavy atom. The molecule has 0 aromatic heterocycles. The van der Waals surface area contributed by atoms with Crippen molar-refractivity contribution in [1.82, 2.24) is 5.32 Å². The second kappa shape index (κ2) is 9.66. The average Bonchev–Trinajstić information content (AvgIpc) is 3.22. The third-order valence-corrected chi connectivity index (χ3v) is 4.65. The predicted octanol–water partition coefficient (Wildman–Crippen LogP) is 1.00. The van der Waals surface area contributed by atoms with Crippen LogP contribution in [0, 0.1) is 0 Å². The van der Waals surface area contributed by atoms with Gasteiger partial charge in [-0.2, -0.15) is 0 Å². The van der Waals surface area contributed by atoms with Crippen LogP contribution < -0.4 is 19.5 Å². The lowest BCUT2D eigenvalue weighted by molar-refractivity contribution is -0.152. The van der Waals surface area contributed by atoms with Crippen LogP contribution in [-0.4, -0.2) is 69.4 Å². The molecule has 1 heterocycles. The first-order valence-electron chi connectivity index (χ1n) is 9.24. The van der Waals surface area contributed by atoms with Crippen LogP contribution in [0.1, 0.15) is 31.7 Å². The maximum Gasteiger partial charge on any atom is 0.350 e. The van der Waals surface area contributed by atoms with E-state index >= 15 is 0 Å². The Morgan fingerprint density at radius 2 is 1.80 bits per heavy atom.